The molecular weight excluding hydrogens is 274 g/mol. The maximum atomic E-state index is 12.0. The number of pyridine rings is 1. The van der Waals surface area contributed by atoms with Gasteiger partial charge < -0.3 is 0 Å². The Morgan fingerprint density at radius 3 is 2.45 bits per heavy atom. The highest BCUT2D eigenvalue weighted by Gasteiger charge is 2.13. The van der Waals surface area contributed by atoms with Gasteiger partial charge in [0.1, 0.15) is 0 Å². The number of aryl methyl sites for hydroxylation is 1. The monoisotopic (exact) mass is 291 g/mol. The van der Waals surface area contributed by atoms with Crippen molar-refractivity contribution < 1.29 is 4.79 Å². The van der Waals surface area contributed by atoms with Crippen molar-refractivity contribution >= 4 is 28.2 Å². The highest BCUT2D eigenvalue weighted by atomic mass is 16.2. The first kappa shape index (κ1) is 14.1. The van der Waals surface area contributed by atoms with E-state index in [4.69, 9.17) is 0 Å². The topological polar surface area (TPSA) is 45.2 Å². The molecule has 4 heteroatoms. The lowest BCUT2D eigenvalue weighted by atomic mass is 10.1. The number of nitrogens with zero attached hydrogens (tertiary/aromatic N) is 2. The van der Waals surface area contributed by atoms with Crippen molar-refractivity contribution in [3.63, 3.8) is 0 Å². The van der Waals surface area contributed by atoms with Gasteiger partial charge in [0.05, 0.1) is 16.9 Å². The van der Waals surface area contributed by atoms with Crippen molar-refractivity contribution in [2.45, 2.75) is 13.8 Å². The minimum absolute atomic E-state index is 0.0789. The molecule has 0 unspecified atom stereocenters. The van der Waals surface area contributed by atoms with E-state index in [1.165, 1.54) is 6.92 Å². The molecule has 0 radical (unpaired) electrons. The van der Waals surface area contributed by atoms with E-state index in [0.717, 1.165) is 28.0 Å². The number of hydrogen-bond donors (Lipinski definition) is 1. The molecule has 0 aliphatic carbocycles. The number of nitrogens with one attached hydrogen (secondary N) is 1. The highest BCUT2D eigenvalue weighted by Crippen LogP contribution is 2.25. The molecule has 2 aromatic carbocycles. The number of rotatable bonds is 3. The van der Waals surface area contributed by atoms with Crippen molar-refractivity contribution in [2.75, 3.05) is 10.4 Å². The van der Waals surface area contributed by atoms with Gasteiger partial charge in [-0.05, 0) is 31.2 Å². The van der Waals surface area contributed by atoms with Crippen LogP contribution in [0.2, 0.25) is 0 Å². The van der Waals surface area contributed by atoms with E-state index in [2.05, 4.69) is 10.4 Å². The van der Waals surface area contributed by atoms with Crippen LogP contribution in [-0.4, -0.2) is 10.9 Å². The number of hydrazine groups is 1. The van der Waals surface area contributed by atoms with Gasteiger partial charge in [0.25, 0.3) is 0 Å². The molecule has 0 atom stereocenters. The molecular formula is C18H17N3O. The summed E-state index contributed by atoms with van der Waals surface area (Å²) in [5, 5.41) is 2.52. The molecule has 0 saturated carbocycles. The second kappa shape index (κ2) is 5.85. The van der Waals surface area contributed by atoms with E-state index in [-0.39, 0.29) is 5.91 Å². The molecule has 3 rings (SSSR count). The standard InChI is InChI=1S/C18H17N3O/c1-13-12-18(16-10-6-7-11-17(16)19-13)20-21(14(2)22)15-8-4-3-5-9-15/h3-12H,1-2H3,(H,19,20). The van der Waals surface area contributed by atoms with Crippen LogP contribution in [0.4, 0.5) is 11.4 Å². The minimum Gasteiger partial charge on any atom is -0.291 e. The normalized spacial score (nSPS) is 10.5. The zero-order chi connectivity index (χ0) is 15.5. The lowest BCUT2D eigenvalue weighted by Crippen LogP contribution is -2.34. The maximum absolute atomic E-state index is 12.0. The maximum Gasteiger partial charge on any atom is 0.242 e. The van der Waals surface area contributed by atoms with Crippen LogP contribution < -0.4 is 10.4 Å². The van der Waals surface area contributed by atoms with Gasteiger partial charge in [-0.1, -0.05) is 36.4 Å². The van der Waals surface area contributed by atoms with Gasteiger partial charge in [-0.3, -0.25) is 15.2 Å². The highest BCUT2D eigenvalue weighted by molar-refractivity contribution is 5.98. The summed E-state index contributed by atoms with van der Waals surface area (Å²) in [5.41, 5.74) is 6.69. The fourth-order valence-corrected chi connectivity index (χ4v) is 2.42. The molecule has 0 aliphatic rings. The number of carbonyl (C=O) groups is 1. The van der Waals surface area contributed by atoms with Crippen LogP contribution in [0.1, 0.15) is 12.6 Å². The average Bonchev–Trinajstić information content (AvgIpc) is 2.52. The van der Waals surface area contributed by atoms with E-state index in [0.29, 0.717) is 0 Å². The minimum atomic E-state index is -0.0789. The summed E-state index contributed by atoms with van der Waals surface area (Å²) in [4.78, 5) is 16.5. The second-order valence-corrected chi connectivity index (χ2v) is 5.13. The largest absolute Gasteiger partial charge is 0.291 e. The van der Waals surface area contributed by atoms with Gasteiger partial charge in [-0.25, -0.2) is 5.01 Å². The van der Waals surface area contributed by atoms with Gasteiger partial charge in [0, 0.05) is 18.0 Å². The van der Waals surface area contributed by atoms with Gasteiger partial charge in [-0.2, -0.15) is 0 Å². The molecule has 22 heavy (non-hydrogen) atoms. The van der Waals surface area contributed by atoms with Gasteiger partial charge in [0.2, 0.25) is 5.91 Å². The van der Waals surface area contributed by atoms with E-state index < -0.39 is 0 Å². The van der Waals surface area contributed by atoms with Crippen LogP contribution in [0.5, 0.6) is 0 Å². The fraction of sp³-hybridized carbons (Fsp3) is 0.111. The van der Waals surface area contributed by atoms with Crippen LogP contribution in [0.25, 0.3) is 10.9 Å². The van der Waals surface area contributed by atoms with Crippen LogP contribution in [0.15, 0.2) is 60.7 Å². The summed E-state index contributed by atoms with van der Waals surface area (Å²) in [5.74, 6) is -0.0789. The number of amides is 1. The molecule has 3 aromatic rings. The molecule has 4 nitrogen and oxygen atoms in total. The first-order chi connectivity index (χ1) is 10.6. The van der Waals surface area contributed by atoms with Gasteiger partial charge in [0.15, 0.2) is 0 Å². The third-order valence-electron chi connectivity index (χ3n) is 3.41. The molecule has 0 aliphatic heterocycles. The Morgan fingerprint density at radius 2 is 1.73 bits per heavy atom. The number of anilines is 2. The summed E-state index contributed by atoms with van der Waals surface area (Å²) >= 11 is 0. The number of hydrogen-bond acceptors (Lipinski definition) is 3. The Balaban J connectivity index is 2.06. The molecule has 0 spiro atoms. The first-order valence-electron chi connectivity index (χ1n) is 7.14. The van der Waals surface area contributed by atoms with Crippen LogP contribution in [0.3, 0.4) is 0 Å². The van der Waals surface area contributed by atoms with Gasteiger partial charge in [-0.15, -0.1) is 0 Å². The quantitative estimate of drug-likeness (QED) is 0.744. The molecule has 1 heterocycles. The number of benzene rings is 2. The zero-order valence-electron chi connectivity index (χ0n) is 12.6. The number of carbonyl (C=O) groups excluding carboxylic acids is 1. The van der Waals surface area contributed by atoms with Crippen LogP contribution >= 0.6 is 0 Å². The Morgan fingerprint density at radius 1 is 1.05 bits per heavy atom. The third kappa shape index (κ3) is 2.76. The smallest absolute Gasteiger partial charge is 0.242 e. The molecule has 1 aromatic heterocycles. The molecule has 0 saturated heterocycles. The Labute approximate surface area is 129 Å². The Hall–Kier alpha value is -2.88. The van der Waals surface area contributed by atoms with Crippen molar-refractivity contribution in [3.05, 3.63) is 66.4 Å². The Bertz CT molecular complexity index is 815. The average molecular weight is 291 g/mol. The van der Waals surface area contributed by atoms with Crippen molar-refractivity contribution in [2.24, 2.45) is 0 Å². The third-order valence-corrected chi connectivity index (χ3v) is 3.41. The fourth-order valence-electron chi connectivity index (χ4n) is 2.42. The number of para-hydroxylation sites is 2. The lowest BCUT2D eigenvalue weighted by Gasteiger charge is -2.24. The van der Waals surface area contributed by atoms with Crippen LogP contribution in [-0.2, 0) is 4.79 Å². The summed E-state index contributed by atoms with van der Waals surface area (Å²) in [6.07, 6.45) is 0. The summed E-state index contributed by atoms with van der Waals surface area (Å²) in [6.45, 7) is 3.48. The predicted molar refractivity (Wildman–Crippen MR) is 89.7 cm³/mol. The number of aromatic nitrogens is 1. The zero-order valence-corrected chi connectivity index (χ0v) is 12.6. The summed E-state index contributed by atoms with van der Waals surface area (Å²) in [6, 6.07) is 19.3. The second-order valence-electron chi connectivity index (χ2n) is 5.13. The molecule has 0 fully saturated rings. The molecule has 0 bridgehead atoms. The summed E-state index contributed by atoms with van der Waals surface area (Å²) < 4.78 is 0. The molecule has 1 amide bonds. The summed E-state index contributed by atoms with van der Waals surface area (Å²) in [7, 11) is 0. The SMILES string of the molecule is CC(=O)N(Nc1cc(C)nc2ccccc12)c1ccccc1. The van der Waals surface area contributed by atoms with Crippen LogP contribution in [0, 0.1) is 6.92 Å². The van der Waals surface area contributed by atoms with E-state index in [9.17, 15) is 4.79 Å². The predicted octanol–water partition coefficient (Wildman–Crippen LogP) is 3.92. The first-order valence-corrected chi connectivity index (χ1v) is 7.14. The van der Waals surface area contributed by atoms with E-state index in [1.807, 2.05) is 67.6 Å². The van der Waals surface area contributed by atoms with Crippen molar-refractivity contribution in [3.8, 4) is 0 Å². The van der Waals surface area contributed by atoms with Crippen molar-refractivity contribution in [1.29, 1.82) is 0 Å². The Kier molecular flexibility index (Phi) is 3.74. The van der Waals surface area contributed by atoms with Crippen molar-refractivity contribution in [1.82, 2.24) is 4.98 Å². The number of fused-ring (bicyclic) bond motifs is 1. The lowest BCUT2D eigenvalue weighted by molar-refractivity contribution is -0.116. The van der Waals surface area contributed by atoms with E-state index in [1.54, 1.807) is 5.01 Å². The molecule has 110 valence electrons. The molecule has 1 N–H and O–H groups in total. The van der Waals surface area contributed by atoms with E-state index >= 15 is 0 Å². The van der Waals surface area contributed by atoms with Gasteiger partial charge >= 0.3 is 0 Å².